The Morgan fingerprint density at radius 2 is 2.00 bits per heavy atom. The molecule has 6 nitrogen and oxygen atoms in total. The van der Waals surface area contributed by atoms with Gasteiger partial charge in [0.05, 0.1) is 11.7 Å². The fourth-order valence-corrected chi connectivity index (χ4v) is 2.38. The topological polar surface area (TPSA) is 72.7 Å². The number of aromatic nitrogens is 4. The van der Waals surface area contributed by atoms with Gasteiger partial charge in [0, 0.05) is 10.6 Å². The maximum absolute atomic E-state index is 12.3. The zero-order valence-corrected chi connectivity index (χ0v) is 13.1. The lowest BCUT2D eigenvalue weighted by atomic mass is 10.1. The van der Waals surface area contributed by atoms with E-state index in [-0.39, 0.29) is 11.9 Å². The summed E-state index contributed by atoms with van der Waals surface area (Å²) in [5.41, 5.74) is 2.31. The first kappa shape index (κ1) is 15.2. The minimum Gasteiger partial charge on any atom is -0.346 e. The van der Waals surface area contributed by atoms with Crippen molar-refractivity contribution in [3.8, 4) is 5.69 Å². The number of nitrogens with one attached hydrogen (secondary N) is 1. The van der Waals surface area contributed by atoms with E-state index in [0.717, 1.165) is 11.3 Å². The standard InChI is InChI=1S/C16H14ClN5O/c1-11(13-3-2-4-14(17)9-13)19-16(23)12-5-7-15(8-6-12)22-10-18-20-21-22/h2-11H,1H3,(H,19,23)/t11-/m1/s1. The highest BCUT2D eigenvalue weighted by Gasteiger charge is 2.12. The fraction of sp³-hybridized carbons (Fsp3) is 0.125. The second kappa shape index (κ2) is 6.58. The van der Waals surface area contributed by atoms with Crippen LogP contribution >= 0.6 is 11.6 Å². The number of rotatable bonds is 4. The summed E-state index contributed by atoms with van der Waals surface area (Å²) in [4.78, 5) is 12.3. The van der Waals surface area contributed by atoms with Gasteiger partial charge in [-0.25, -0.2) is 4.68 Å². The van der Waals surface area contributed by atoms with Crippen LogP contribution in [-0.4, -0.2) is 26.1 Å². The highest BCUT2D eigenvalue weighted by Crippen LogP contribution is 2.18. The maximum atomic E-state index is 12.3. The Hall–Kier alpha value is -2.73. The van der Waals surface area contributed by atoms with Crippen molar-refractivity contribution >= 4 is 17.5 Å². The highest BCUT2D eigenvalue weighted by atomic mass is 35.5. The van der Waals surface area contributed by atoms with Gasteiger partial charge in [-0.1, -0.05) is 23.7 Å². The molecular formula is C16H14ClN5O. The second-order valence-corrected chi connectivity index (χ2v) is 5.49. The Balaban J connectivity index is 1.71. The van der Waals surface area contributed by atoms with Gasteiger partial charge in [-0.3, -0.25) is 4.79 Å². The molecule has 0 radical (unpaired) electrons. The van der Waals surface area contributed by atoms with Crippen molar-refractivity contribution in [1.29, 1.82) is 0 Å². The van der Waals surface area contributed by atoms with Gasteiger partial charge in [-0.15, -0.1) is 5.10 Å². The van der Waals surface area contributed by atoms with Gasteiger partial charge in [0.25, 0.3) is 5.91 Å². The molecule has 0 saturated carbocycles. The van der Waals surface area contributed by atoms with Gasteiger partial charge in [0.2, 0.25) is 0 Å². The normalized spacial score (nSPS) is 11.9. The van der Waals surface area contributed by atoms with Crippen molar-refractivity contribution in [1.82, 2.24) is 25.5 Å². The molecule has 3 aromatic rings. The summed E-state index contributed by atoms with van der Waals surface area (Å²) in [5, 5.41) is 14.6. The fourth-order valence-electron chi connectivity index (χ4n) is 2.18. The van der Waals surface area contributed by atoms with Crippen LogP contribution < -0.4 is 5.32 Å². The van der Waals surface area contributed by atoms with E-state index in [9.17, 15) is 4.79 Å². The Morgan fingerprint density at radius 3 is 2.65 bits per heavy atom. The number of hydrogen-bond acceptors (Lipinski definition) is 4. The summed E-state index contributed by atoms with van der Waals surface area (Å²) >= 11 is 5.98. The van der Waals surface area contributed by atoms with Gasteiger partial charge in [-0.05, 0) is 59.3 Å². The molecule has 23 heavy (non-hydrogen) atoms. The average molecular weight is 328 g/mol. The number of carbonyl (C=O) groups is 1. The highest BCUT2D eigenvalue weighted by molar-refractivity contribution is 6.30. The van der Waals surface area contributed by atoms with E-state index in [1.807, 2.05) is 25.1 Å². The van der Waals surface area contributed by atoms with Crippen molar-refractivity contribution in [3.05, 3.63) is 71.0 Å². The summed E-state index contributed by atoms with van der Waals surface area (Å²) in [5.74, 6) is -0.152. The van der Waals surface area contributed by atoms with Crippen molar-refractivity contribution in [2.75, 3.05) is 0 Å². The third kappa shape index (κ3) is 3.54. The molecule has 1 N–H and O–H groups in total. The van der Waals surface area contributed by atoms with E-state index in [0.29, 0.717) is 10.6 Å². The first-order valence-corrected chi connectivity index (χ1v) is 7.41. The number of nitrogens with zero attached hydrogens (tertiary/aromatic N) is 4. The van der Waals surface area contributed by atoms with Crippen molar-refractivity contribution in [3.63, 3.8) is 0 Å². The van der Waals surface area contributed by atoms with Crippen molar-refractivity contribution in [2.24, 2.45) is 0 Å². The summed E-state index contributed by atoms with van der Waals surface area (Å²) in [6, 6.07) is 14.3. The van der Waals surface area contributed by atoms with Gasteiger partial charge in [0.1, 0.15) is 6.33 Å². The van der Waals surface area contributed by atoms with E-state index in [2.05, 4.69) is 20.8 Å². The molecule has 1 amide bonds. The van der Waals surface area contributed by atoms with Crippen LogP contribution in [0, 0.1) is 0 Å². The largest absolute Gasteiger partial charge is 0.346 e. The molecule has 0 aliphatic carbocycles. The summed E-state index contributed by atoms with van der Waals surface area (Å²) in [6.07, 6.45) is 1.50. The Labute approximate surface area is 138 Å². The first-order chi connectivity index (χ1) is 11.1. The maximum Gasteiger partial charge on any atom is 0.251 e. The van der Waals surface area contributed by atoms with Crippen LogP contribution in [0.2, 0.25) is 5.02 Å². The van der Waals surface area contributed by atoms with E-state index in [1.54, 1.807) is 30.3 Å². The predicted octanol–water partition coefficient (Wildman–Crippen LogP) is 2.81. The number of halogens is 1. The molecule has 0 aliphatic heterocycles. The molecule has 0 spiro atoms. The monoisotopic (exact) mass is 327 g/mol. The minimum atomic E-state index is -0.152. The van der Waals surface area contributed by atoms with E-state index in [4.69, 9.17) is 11.6 Å². The molecule has 1 aromatic heterocycles. The molecule has 1 heterocycles. The number of amides is 1. The van der Waals surface area contributed by atoms with Crippen LogP contribution in [0.3, 0.4) is 0 Å². The lowest BCUT2D eigenvalue weighted by Crippen LogP contribution is -2.26. The predicted molar refractivity (Wildman–Crippen MR) is 86.5 cm³/mol. The number of tetrazole rings is 1. The molecule has 0 unspecified atom stereocenters. The average Bonchev–Trinajstić information content (AvgIpc) is 3.09. The molecule has 1 atom stereocenters. The molecule has 0 bridgehead atoms. The number of carbonyl (C=O) groups excluding carboxylic acids is 1. The van der Waals surface area contributed by atoms with E-state index in [1.165, 1.54) is 11.0 Å². The Kier molecular flexibility index (Phi) is 4.34. The molecule has 0 fully saturated rings. The van der Waals surface area contributed by atoms with Gasteiger partial charge in [-0.2, -0.15) is 0 Å². The van der Waals surface area contributed by atoms with Crippen LogP contribution in [0.1, 0.15) is 28.9 Å². The minimum absolute atomic E-state index is 0.139. The molecule has 116 valence electrons. The van der Waals surface area contributed by atoms with Gasteiger partial charge < -0.3 is 5.32 Å². The molecule has 0 aliphatic rings. The zero-order chi connectivity index (χ0) is 16.2. The third-order valence-electron chi connectivity index (χ3n) is 3.44. The van der Waals surface area contributed by atoms with Crippen molar-refractivity contribution in [2.45, 2.75) is 13.0 Å². The van der Waals surface area contributed by atoms with Crippen LogP contribution in [0.15, 0.2) is 54.9 Å². The lowest BCUT2D eigenvalue weighted by molar-refractivity contribution is 0.0940. The quantitative estimate of drug-likeness (QED) is 0.799. The van der Waals surface area contributed by atoms with Crippen molar-refractivity contribution < 1.29 is 4.79 Å². The molecular weight excluding hydrogens is 314 g/mol. The SMILES string of the molecule is C[C@@H](NC(=O)c1ccc(-n2cnnn2)cc1)c1cccc(Cl)c1. The Bertz CT molecular complexity index is 802. The number of hydrogen-bond donors (Lipinski definition) is 1. The summed E-state index contributed by atoms with van der Waals surface area (Å²) in [6.45, 7) is 1.92. The lowest BCUT2D eigenvalue weighted by Gasteiger charge is -2.14. The van der Waals surface area contributed by atoms with Gasteiger partial charge >= 0.3 is 0 Å². The summed E-state index contributed by atoms with van der Waals surface area (Å²) < 4.78 is 1.52. The zero-order valence-electron chi connectivity index (χ0n) is 12.3. The van der Waals surface area contributed by atoms with Crippen LogP contribution in [0.25, 0.3) is 5.69 Å². The van der Waals surface area contributed by atoms with Crippen LogP contribution in [-0.2, 0) is 0 Å². The van der Waals surface area contributed by atoms with E-state index < -0.39 is 0 Å². The van der Waals surface area contributed by atoms with Crippen LogP contribution in [0.5, 0.6) is 0 Å². The number of benzene rings is 2. The smallest absolute Gasteiger partial charge is 0.251 e. The Morgan fingerprint density at radius 1 is 1.22 bits per heavy atom. The first-order valence-electron chi connectivity index (χ1n) is 7.03. The summed E-state index contributed by atoms with van der Waals surface area (Å²) in [7, 11) is 0. The second-order valence-electron chi connectivity index (χ2n) is 5.05. The van der Waals surface area contributed by atoms with E-state index >= 15 is 0 Å². The molecule has 2 aromatic carbocycles. The third-order valence-corrected chi connectivity index (χ3v) is 3.67. The van der Waals surface area contributed by atoms with Crippen LogP contribution in [0.4, 0.5) is 0 Å². The molecule has 3 rings (SSSR count). The molecule has 7 heteroatoms. The van der Waals surface area contributed by atoms with Gasteiger partial charge in [0.15, 0.2) is 0 Å². The molecule has 0 saturated heterocycles.